The van der Waals surface area contributed by atoms with E-state index in [9.17, 15) is 0 Å². The third-order valence-electron chi connectivity index (χ3n) is 7.99. The summed E-state index contributed by atoms with van der Waals surface area (Å²) < 4.78 is 5.93. The lowest BCUT2D eigenvalue weighted by Gasteiger charge is -2.32. The molecule has 2 rings (SSSR count). The Morgan fingerprint density at radius 3 is 1.85 bits per heavy atom. The molecule has 0 amide bonds. The van der Waals surface area contributed by atoms with E-state index in [1.807, 2.05) is 0 Å². The van der Waals surface area contributed by atoms with Crippen molar-refractivity contribution < 1.29 is 4.74 Å². The van der Waals surface area contributed by atoms with Crippen molar-refractivity contribution in [3.05, 3.63) is 130 Å². The van der Waals surface area contributed by atoms with Gasteiger partial charge in [0.1, 0.15) is 6.10 Å². The summed E-state index contributed by atoms with van der Waals surface area (Å²) >= 11 is 0. The maximum absolute atomic E-state index is 5.93. The van der Waals surface area contributed by atoms with Gasteiger partial charge in [0.05, 0.1) is 5.60 Å². The Morgan fingerprint density at radius 2 is 1.29 bits per heavy atom. The van der Waals surface area contributed by atoms with Crippen LogP contribution in [0.4, 0.5) is 0 Å². The first-order chi connectivity index (χ1) is 19.3. The zero-order valence-corrected chi connectivity index (χ0v) is 27.7. The van der Waals surface area contributed by atoms with Gasteiger partial charge in [-0.3, -0.25) is 0 Å². The summed E-state index contributed by atoms with van der Waals surface area (Å²) in [5.74, 6) is 0. The van der Waals surface area contributed by atoms with E-state index >= 15 is 0 Å². The molecule has 1 heteroatoms. The van der Waals surface area contributed by atoms with E-state index in [1.54, 1.807) is 5.57 Å². The van der Waals surface area contributed by atoms with E-state index in [4.69, 9.17) is 4.74 Å². The van der Waals surface area contributed by atoms with Crippen LogP contribution < -0.4 is 0 Å². The molecule has 0 saturated carbocycles. The normalized spacial score (nSPS) is 24.7. The summed E-state index contributed by atoms with van der Waals surface area (Å²) in [5, 5.41) is 0. The Bertz CT molecular complexity index is 1220. The summed E-state index contributed by atoms with van der Waals surface area (Å²) in [6.07, 6.45) is 38.8. The third-order valence-corrected chi connectivity index (χ3v) is 7.99. The second-order valence-corrected chi connectivity index (χ2v) is 13.0. The van der Waals surface area contributed by atoms with Crippen LogP contribution >= 0.6 is 0 Å². The van der Waals surface area contributed by atoms with Gasteiger partial charge in [-0.1, -0.05) is 138 Å². The molecule has 2 unspecified atom stereocenters. The summed E-state index contributed by atoms with van der Waals surface area (Å²) in [5.41, 5.74) is 9.65. The molecule has 0 aromatic heterocycles. The Kier molecular flexibility index (Phi) is 13.8. The molecular weight excluding hydrogens is 496 g/mol. The monoisotopic (exact) mass is 552 g/mol. The van der Waals surface area contributed by atoms with Crippen LogP contribution in [0.1, 0.15) is 101 Å². The van der Waals surface area contributed by atoms with Crippen molar-refractivity contribution >= 4 is 0 Å². The van der Waals surface area contributed by atoms with Gasteiger partial charge in [-0.25, -0.2) is 0 Å². The first-order valence-corrected chi connectivity index (χ1v) is 15.4. The van der Waals surface area contributed by atoms with E-state index in [2.05, 4.69) is 160 Å². The van der Waals surface area contributed by atoms with Crippen molar-refractivity contribution in [3.63, 3.8) is 0 Å². The highest BCUT2D eigenvalue weighted by Gasteiger charge is 2.49. The van der Waals surface area contributed by atoms with Gasteiger partial charge in [-0.15, -0.1) is 0 Å². The minimum Gasteiger partial charge on any atom is -0.362 e. The second kappa shape index (κ2) is 16.5. The van der Waals surface area contributed by atoms with E-state index in [1.165, 1.54) is 52.7 Å². The molecule has 0 N–H and O–H groups in total. The molecule has 0 aromatic rings. The molecule has 1 aliphatic heterocycles. The Morgan fingerprint density at radius 1 is 0.756 bits per heavy atom. The van der Waals surface area contributed by atoms with Crippen LogP contribution in [0.25, 0.3) is 0 Å². The summed E-state index contributed by atoms with van der Waals surface area (Å²) in [4.78, 5) is 0. The number of allylic oxidation sites excluding steroid dienone is 21. The molecule has 0 aromatic carbocycles. The van der Waals surface area contributed by atoms with Gasteiger partial charge in [0.2, 0.25) is 0 Å². The number of epoxide rings is 1. The van der Waals surface area contributed by atoms with Crippen LogP contribution in [0.2, 0.25) is 0 Å². The molecule has 41 heavy (non-hydrogen) atoms. The molecule has 222 valence electrons. The molecule has 0 bridgehead atoms. The third kappa shape index (κ3) is 13.1. The lowest BCUT2D eigenvalue weighted by molar-refractivity contribution is 0.304. The van der Waals surface area contributed by atoms with E-state index in [0.29, 0.717) is 0 Å². The molecule has 0 spiro atoms. The molecular formula is C40H56O. The van der Waals surface area contributed by atoms with Gasteiger partial charge in [0.15, 0.2) is 0 Å². The molecule has 1 nitrogen and oxygen atoms in total. The van der Waals surface area contributed by atoms with Gasteiger partial charge in [0, 0.05) is 0 Å². The van der Waals surface area contributed by atoms with Gasteiger partial charge in [0.25, 0.3) is 0 Å². The number of rotatable bonds is 13. The smallest absolute Gasteiger partial charge is 0.105 e. The predicted molar refractivity (Wildman–Crippen MR) is 183 cm³/mol. The fourth-order valence-electron chi connectivity index (χ4n) is 5.15. The van der Waals surface area contributed by atoms with Crippen LogP contribution in [-0.2, 0) is 4.74 Å². The van der Waals surface area contributed by atoms with E-state index < -0.39 is 0 Å². The fourth-order valence-corrected chi connectivity index (χ4v) is 5.15. The summed E-state index contributed by atoms with van der Waals surface area (Å²) in [6.45, 7) is 22.1. The molecule has 1 fully saturated rings. The fraction of sp³-hybridized carbons (Fsp3) is 0.450. The second-order valence-electron chi connectivity index (χ2n) is 13.0. The van der Waals surface area contributed by atoms with Crippen LogP contribution in [0, 0.1) is 5.41 Å². The van der Waals surface area contributed by atoms with E-state index in [0.717, 1.165) is 12.8 Å². The molecule has 2 aliphatic rings. The van der Waals surface area contributed by atoms with Crippen molar-refractivity contribution in [1.29, 1.82) is 0 Å². The van der Waals surface area contributed by atoms with Gasteiger partial charge in [-0.2, -0.15) is 0 Å². The highest BCUT2D eigenvalue weighted by molar-refractivity contribution is 5.37. The number of hydrogen-bond acceptors (Lipinski definition) is 1. The molecule has 1 aliphatic carbocycles. The summed E-state index contributed by atoms with van der Waals surface area (Å²) in [7, 11) is 0. The van der Waals surface area contributed by atoms with Crippen molar-refractivity contribution in [2.24, 2.45) is 5.41 Å². The minimum absolute atomic E-state index is 0.00305. The highest BCUT2D eigenvalue weighted by Crippen LogP contribution is 2.42. The first kappa shape index (κ1) is 34.3. The zero-order chi connectivity index (χ0) is 30.5. The van der Waals surface area contributed by atoms with Crippen LogP contribution in [0.3, 0.4) is 0 Å². The maximum atomic E-state index is 5.93. The minimum atomic E-state index is 0.00305. The molecule has 0 radical (unpaired) electrons. The largest absolute Gasteiger partial charge is 0.362 e. The van der Waals surface area contributed by atoms with Crippen molar-refractivity contribution in [3.8, 4) is 0 Å². The van der Waals surface area contributed by atoms with Crippen molar-refractivity contribution in [2.75, 3.05) is 0 Å². The van der Waals surface area contributed by atoms with Gasteiger partial charge in [-0.05, 0) is 98.5 Å². The van der Waals surface area contributed by atoms with Crippen molar-refractivity contribution in [1.82, 2.24) is 0 Å². The van der Waals surface area contributed by atoms with Crippen LogP contribution in [0.5, 0.6) is 0 Å². The maximum Gasteiger partial charge on any atom is 0.105 e. The van der Waals surface area contributed by atoms with Gasteiger partial charge >= 0.3 is 0 Å². The number of hydrogen-bond donors (Lipinski definition) is 0. The molecule has 2 atom stereocenters. The standard InChI is InChI=1S/C40H56O/c1-31(2)17-15-30-40(10)38(41-40)28-26-35(6)23-14-21-33(4)19-12-11-18-32(3)20-13-22-34(5)25-27-37-36(7)24-16-29-39(37,8)9/h11-14,17-23,25-28,38H,15-16,24,29-30H2,1-10H3/b12-11+,20-13+,21-14+,27-25+,28-26+,32-18+,33-19+,34-22+,35-23+. The van der Waals surface area contributed by atoms with Gasteiger partial charge < -0.3 is 4.74 Å². The van der Waals surface area contributed by atoms with Crippen molar-refractivity contribution in [2.45, 2.75) is 113 Å². The Hall–Kier alpha value is -2.90. The van der Waals surface area contributed by atoms with Crippen LogP contribution in [-0.4, -0.2) is 11.7 Å². The lowest BCUT2D eigenvalue weighted by atomic mass is 9.72. The topological polar surface area (TPSA) is 12.5 Å². The van der Waals surface area contributed by atoms with E-state index in [-0.39, 0.29) is 17.1 Å². The predicted octanol–water partition coefficient (Wildman–Crippen LogP) is 12.0. The molecule has 1 saturated heterocycles. The average molecular weight is 553 g/mol. The molecule has 1 heterocycles. The highest BCUT2D eigenvalue weighted by atomic mass is 16.6. The Labute approximate surface area is 252 Å². The average Bonchev–Trinajstić information content (AvgIpc) is 3.53. The quantitative estimate of drug-likeness (QED) is 0.126. The SMILES string of the molecule is CC(C)=CCCC1(C)OC1/C=C/C(C)=C/C=C/C(C)=C/C=C/C=C(C)/C=C/C=C(C)/C=C/C1=C(C)CCCC1(C)C. The van der Waals surface area contributed by atoms with Crippen LogP contribution in [0.15, 0.2) is 130 Å². The number of ether oxygens (including phenoxy) is 1. The lowest BCUT2D eigenvalue weighted by Crippen LogP contribution is -2.19. The zero-order valence-electron chi connectivity index (χ0n) is 27.7. The first-order valence-electron chi connectivity index (χ1n) is 15.4. The summed E-state index contributed by atoms with van der Waals surface area (Å²) in [6, 6.07) is 0. The Balaban J connectivity index is 1.80.